The molecule has 1 aromatic heterocycles. The minimum Gasteiger partial charge on any atom is -0.477 e. The predicted octanol–water partition coefficient (Wildman–Crippen LogP) is 1.44. The molecule has 106 valence electrons. The van der Waals surface area contributed by atoms with Crippen molar-refractivity contribution >= 4 is 22.8 Å². The Kier molecular flexibility index (Phi) is 4.05. The van der Waals surface area contributed by atoms with E-state index in [0.29, 0.717) is 5.56 Å². The fourth-order valence-corrected chi connectivity index (χ4v) is 2.10. The first-order chi connectivity index (χ1) is 9.52. The van der Waals surface area contributed by atoms with Crippen LogP contribution in [0.1, 0.15) is 21.6 Å². The zero-order valence-corrected chi connectivity index (χ0v) is 11.3. The number of rotatable bonds is 5. The van der Waals surface area contributed by atoms with Gasteiger partial charge in [0.1, 0.15) is 12.3 Å². The van der Waals surface area contributed by atoms with Crippen LogP contribution in [-0.4, -0.2) is 35.7 Å². The van der Waals surface area contributed by atoms with Gasteiger partial charge in [0, 0.05) is 30.1 Å². The minimum absolute atomic E-state index is 0.0518. The summed E-state index contributed by atoms with van der Waals surface area (Å²) in [5.41, 5.74) is 2.44. The number of hydrogen-bond acceptors (Lipinski definition) is 3. The van der Waals surface area contributed by atoms with Crippen LogP contribution in [0.2, 0.25) is 0 Å². The maximum atomic E-state index is 11.4. The van der Waals surface area contributed by atoms with Gasteiger partial charge in [-0.25, -0.2) is 4.79 Å². The number of methoxy groups -OCH3 is 1. The summed E-state index contributed by atoms with van der Waals surface area (Å²) < 4.78 is 4.72. The largest absolute Gasteiger partial charge is 0.477 e. The number of H-pyrrole nitrogens is 1. The highest BCUT2D eigenvalue weighted by Gasteiger charge is 2.17. The van der Waals surface area contributed by atoms with Crippen molar-refractivity contribution in [1.82, 2.24) is 10.3 Å². The molecule has 0 bridgehead atoms. The molecule has 2 aromatic rings. The van der Waals surface area contributed by atoms with Crippen molar-refractivity contribution in [2.75, 3.05) is 13.7 Å². The van der Waals surface area contributed by atoms with Gasteiger partial charge in [0.15, 0.2) is 0 Å². The van der Waals surface area contributed by atoms with E-state index in [2.05, 4.69) is 10.3 Å². The third-order valence-corrected chi connectivity index (χ3v) is 3.01. The first-order valence-corrected chi connectivity index (χ1v) is 6.13. The van der Waals surface area contributed by atoms with Crippen LogP contribution in [0.4, 0.5) is 0 Å². The summed E-state index contributed by atoms with van der Waals surface area (Å²) in [5, 5.41) is 12.7. The number of benzene rings is 1. The second-order valence-corrected chi connectivity index (χ2v) is 4.54. The monoisotopic (exact) mass is 276 g/mol. The molecule has 0 aliphatic carbocycles. The predicted molar refractivity (Wildman–Crippen MR) is 73.7 cm³/mol. The molecule has 1 amide bonds. The highest BCUT2D eigenvalue weighted by Crippen LogP contribution is 2.23. The van der Waals surface area contributed by atoms with Gasteiger partial charge in [-0.3, -0.25) is 4.79 Å². The number of aryl methyl sites for hydroxylation is 1. The maximum Gasteiger partial charge on any atom is 0.352 e. The second kappa shape index (κ2) is 5.75. The van der Waals surface area contributed by atoms with E-state index in [0.717, 1.165) is 16.5 Å². The molecular formula is C14H16N2O4. The highest BCUT2D eigenvalue weighted by atomic mass is 16.5. The molecule has 0 saturated carbocycles. The molecule has 0 spiro atoms. The molecule has 2 rings (SSSR count). The zero-order chi connectivity index (χ0) is 14.7. The van der Waals surface area contributed by atoms with Crippen LogP contribution in [0.15, 0.2) is 18.2 Å². The number of carbonyl (C=O) groups excluding carboxylic acids is 1. The molecule has 6 nitrogen and oxygen atoms in total. The van der Waals surface area contributed by atoms with E-state index in [1.807, 2.05) is 25.1 Å². The quantitative estimate of drug-likeness (QED) is 0.770. The smallest absolute Gasteiger partial charge is 0.352 e. The Morgan fingerprint density at radius 2 is 2.15 bits per heavy atom. The molecule has 0 aliphatic heterocycles. The van der Waals surface area contributed by atoms with Gasteiger partial charge in [-0.1, -0.05) is 11.6 Å². The van der Waals surface area contributed by atoms with Crippen LogP contribution in [0.25, 0.3) is 10.9 Å². The van der Waals surface area contributed by atoms with Gasteiger partial charge in [-0.05, 0) is 19.1 Å². The SMILES string of the molecule is COCC(=O)NCc1c(C(=O)O)[nH]c2ccc(C)cc12. The molecule has 0 saturated heterocycles. The summed E-state index contributed by atoms with van der Waals surface area (Å²) in [5.74, 6) is -1.33. The number of amides is 1. The number of aromatic nitrogens is 1. The van der Waals surface area contributed by atoms with Gasteiger partial charge in [0.25, 0.3) is 0 Å². The zero-order valence-electron chi connectivity index (χ0n) is 11.3. The van der Waals surface area contributed by atoms with Crippen molar-refractivity contribution in [2.45, 2.75) is 13.5 Å². The van der Waals surface area contributed by atoms with Crippen molar-refractivity contribution in [1.29, 1.82) is 0 Å². The van der Waals surface area contributed by atoms with E-state index in [9.17, 15) is 14.7 Å². The van der Waals surface area contributed by atoms with Crippen LogP contribution in [0, 0.1) is 6.92 Å². The van der Waals surface area contributed by atoms with Gasteiger partial charge < -0.3 is 20.1 Å². The molecule has 0 atom stereocenters. The third-order valence-electron chi connectivity index (χ3n) is 3.01. The number of ether oxygens (including phenoxy) is 1. The van der Waals surface area contributed by atoms with E-state index >= 15 is 0 Å². The molecule has 0 unspecified atom stereocenters. The summed E-state index contributed by atoms with van der Waals surface area (Å²) in [4.78, 5) is 25.6. The Hall–Kier alpha value is -2.34. The third kappa shape index (κ3) is 2.80. The highest BCUT2D eigenvalue weighted by molar-refractivity contribution is 5.97. The van der Waals surface area contributed by atoms with Crippen LogP contribution in [0.3, 0.4) is 0 Å². The van der Waals surface area contributed by atoms with E-state index in [1.54, 1.807) is 0 Å². The lowest BCUT2D eigenvalue weighted by Gasteiger charge is -2.05. The molecule has 6 heteroatoms. The van der Waals surface area contributed by atoms with Gasteiger partial charge in [-0.15, -0.1) is 0 Å². The number of aromatic amines is 1. The van der Waals surface area contributed by atoms with E-state index < -0.39 is 5.97 Å². The lowest BCUT2D eigenvalue weighted by atomic mass is 10.1. The number of aromatic carboxylic acids is 1. The van der Waals surface area contributed by atoms with E-state index in [-0.39, 0.29) is 24.8 Å². The van der Waals surface area contributed by atoms with E-state index in [4.69, 9.17) is 4.74 Å². The first-order valence-electron chi connectivity index (χ1n) is 6.13. The normalized spacial score (nSPS) is 10.7. The lowest BCUT2D eigenvalue weighted by molar-refractivity contribution is -0.124. The Labute approximate surface area is 115 Å². The van der Waals surface area contributed by atoms with Gasteiger partial charge in [0.05, 0.1) is 0 Å². The summed E-state index contributed by atoms with van der Waals surface area (Å²) in [6.07, 6.45) is 0. The molecule has 1 heterocycles. The number of hydrogen-bond donors (Lipinski definition) is 3. The topological polar surface area (TPSA) is 91.4 Å². The van der Waals surface area contributed by atoms with Crippen LogP contribution in [0.5, 0.6) is 0 Å². The first kappa shape index (κ1) is 14.1. The van der Waals surface area contributed by atoms with Crippen molar-refractivity contribution < 1.29 is 19.4 Å². The number of fused-ring (bicyclic) bond motifs is 1. The number of carboxylic acids is 1. The average Bonchev–Trinajstić information content (AvgIpc) is 2.75. The molecule has 20 heavy (non-hydrogen) atoms. The summed E-state index contributed by atoms with van der Waals surface area (Å²) in [6.45, 7) is 2.03. The van der Waals surface area contributed by atoms with Crippen molar-refractivity contribution in [2.24, 2.45) is 0 Å². The molecule has 0 aliphatic rings. The summed E-state index contributed by atoms with van der Waals surface area (Å²) >= 11 is 0. The Morgan fingerprint density at radius 3 is 2.80 bits per heavy atom. The summed E-state index contributed by atoms with van der Waals surface area (Å²) in [7, 11) is 1.43. The number of nitrogens with one attached hydrogen (secondary N) is 2. The Balaban J connectivity index is 2.38. The molecule has 3 N–H and O–H groups in total. The molecular weight excluding hydrogens is 260 g/mol. The number of carbonyl (C=O) groups is 2. The van der Waals surface area contributed by atoms with Crippen molar-refractivity contribution in [3.05, 3.63) is 35.0 Å². The number of carboxylic acid groups (broad SMARTS) is 1. The Bertz CT molecular complexity index is 660. The minimum atomic E-state index is -1.05. The molecule has 0 radical (unpaired) electrons. The van der Waals surface area contributed by atoms with Crippen LogP contribution >= 0.6 is 0 Å². The molecule has 0 fully saturated rings. The standard InChI is InChI=1S/C14H16N2O4/c1-8-3-4-11-9(5-8)10(13(16-11)14(18)19)6-15-12(17)7-20-2/h3-5,16H,6-7H2,1-2H3,(H,15,17)(H,18,19). The van der Waals surface area contributed by atoms with Crippen molar-refractivity contribution in [3.63, 3.8) is 0 Å². The fraction of sp³-hybridized carbons (Fsp3) is 0.286. The van der Waals surface area contributed by atoms with Gasteiger partial charge >= 0.3 is 5.97 Å². The van der Waals surface area contributed by atoms with E-state index in [1.165, 1.54) is 7.11 Å². The van der Waals surface area contributed by atoms with Crippen LogP contribution in [-0.2, 0) is 16.1 Å². The van der Waals surface area contributed by atoms with Crippen molar-refractivity contribution in [3.8, 4) is 0 Å². The Morgan fingerprint density at radius 1 is 1.40 bits per heavy atom. The maximum absolute atomic E-state index is 11.4. The molecule has 1 aromatic carbocycles. The van der Waals surface area contributed by atoms with Gasteiger partial charge in [-0.2, -0.15) is 0 Å². The lowest BCUT2D eigenvalue weighted by Crippen LogP contribution is -2.27. The summed E-state index contributed by atoms with van der Waals surface area (Å²) in [6, 6.07) is 5.63. The van der Waals surface area contributed by atoms with Crippen LogP contribution < -0.4 is 5.32 Å². The van der Waals surface area contributed by atoms with Gasteiger partial charge in [0.2, 0.25) is 5.91 Å². The average molecular weight is 276 g/mol. The fourth-order valence-electron chi connectivity index (χ4n) is 2.10. The second-order valence-electron chi connectivity index (χ2n) is 4.54.